The minimum Gasteiger partial charge on any atom is -0.457 e. The molecule has 0 aliphatic carbocycles. The highest BCUT2D eigenvalue weighted by molar-refractivity contribution is 5.73. The van der Waals surface area contributed by atoms with E-state index >= 15 is 0 Å². The third-order valence-corrected chi connectivity index (χ3v) is 8.52. The van der Waals surface area contributed by atoms with Gasteiger partial charge in [0.2, 0.25) is 5.79 Å². The molecule has 8 heteroatoms. The van der Waals surface area contributed by atoms with E-state index in [1.165, 1.54) is 7.11 Å². The van der Waals surface area contributed by atoms with Crippen LogP contribution in [0.1, 0.15) is 77.4 Å². The fraction of sp³-hybridized carbons (Fsp3) is 0.759. The zero-order valence-electron chi connectivity index (χ0n) is 22.9. The van der Waals surface area contributed by atoms with Crippen molar-refractivity contribution in [3.8, 4) is 0 Å². The molecule has 2 bridgehead atoms. The molecular formula is C29H46O8. The van der Waals surface area contributed by atoms with Gasteiger partial charge in [-0.25, -0.2) is 0 Å². The molecule has 1 aromatic rings. The molecule has 2 aliphatic heterocycles. The van der Waals surface area contributed by atoms with E-state index in [1.807, 2.05) is 44.2 Å². The molecule has 3 rings (SSSR count). The Morgan fingerprint density at radius 2 is 1.68 bits per heavy atom. The summed E-state index contributed by atoms with van der Waals surface area (Å²) in [6.45, 7) is 5.45. The normalized spacial score (nSPS) is 40.6. The number of aliphatic hydroxyl groups is 3. The standard InChI is InChI=1S/C29H46O8/c1-6-20-16-17-22(30)24(34-4)15-11-10-14-23(21-12-8-7-9-13-21)36-28(32)19(3)29(33)27(35-5)25(31)18(2)26(20)37-29/h7-9,12-13,18-20,22-27,30-31,33H,6,10-11,14-17H2,1-5H3/t18-,19+,20-,22+,23-,24-,25-,26+,27+,29+/m0/s1. The van der Waals surface area contributed by atoms with Crippen LogP contribution in [0.15, 0.2) is 30.3 Å². The van der Waals surface area contributed by atoms with E-state index in [0.717, 1.165) is 18.4 Å². The molecule has 10 atom stereocenters. The van der Waals surface area contributed by atoms with Gasteiger partial charge >= 0.3 is 5.97 Å². The van der Waals surface area contributed by atoms with E-state index in [-0.39, 0.29) is 17.9 Å². The molecule has 8 nitrogen and oxygen atoms in total. The fourth-order valence-corrected chi connectivity index (χ4v) is 5.98. The van der Waals surface area contributed by atoms with Gasteiger partial charge in [0.15, 0.2) is 0 Å². The van der Waals surface area contributed by atoms with E-state index in [9.17, 15) is 20.1 Å². The number of hydrogen-bond donors (Lipinski definition) is 3. The maximum Gasteiger partial charge on any atom is 0.314 e. The molecular weight excluding hydrogens is 476 g/mol. The summed E-state index contributed by atoms with van der Waals surface area (Å²) in [5.74, 6) is -4.22. The second-order valence-electron chi connectivity index (χ2n) is 10.8. The molecule has 0 radical (unpaired) electrons. The molecule has 0 amide bonds. The number of aliphatic hydroxyl groups excluding tert-OH is 2. The summed E-state index contributed by atoms with van der Waals surface area (Å²) in [6.07, 6.45) is 0.549. The van der Waals surface area contributed by atoms with Crippen LogP contribution in [0.3, 0.4) is 0 Å². The highest BCUT2D eigenvalue weighted by Gasteiger charge is 2.58. The molecule has 3 N–H and O–H groups in total. The largest absolute Gasteiger partial charge is 0.457 e. The Hall–Kier alpha value is -1.55. The van der Waals surface area contributed by atoms with Gasteiger partial charge in [-0.2, -0.15) is 0 Å². The highest BCUT2D eigenvalue weighted by atomic mass is 16.7. The zero-order valence-corrected chi connectivity index (χ0v) is 22.9. The van der Waals surface area contributed by atoms with Gasteiger partial charge in [-0.1, -0.05) is 57.0 Å². The van der Waals surface area contributed by atoms with Gasteiger partial charge in [-0.3, -0.25) is 4.79 Å². The topological polar surface area (TPSA) is 115 Å². The molecule has 0 spiro atoms. The van der Waals surface area contributed by atoms with Crippen LogP contribution in [0, 0.1) is 17.8 Å². The lowest BCUT2D eigenvalue weighted by atomic mass is 9.75. The number of cyclic esters (lactones) is 1. The van der Waals surface area contributed by atoms with Gasteiger partial charge in [0.05, 0.1) is 24.4 Å². The maximum absolute atomic E-state index is 13.5. The Labute approximate surface area is 221 Å². The fourth-order valence-electron chi connectivity index (χ4n) is 5.98. The summed E-state index contributed by atoms with van der Waals surface area (Å²) in [4.78, 5) is 13.5. The molecule has 2 saturated heterocycles. The SMILES string of the molecule is CC[C@H]1CC[C@@H](O)[C@@H](OC)CCCC[C@@H](c2ccccc2)OC(=O)[C@@H](C)[C@@]2(O)O[C@@H]1[C@@H](C)[C@H](O)[C@H]2OC. The smallest absolute Gasteiger partial charge is 0.314 e. The first-order valence-corrected chi connectivity index (χ1v) is 13.7. The Bertz CT molecular complexity index is 834. The summed E-state index contributed by atoms with van der Waals surface area (Å²) < 4.78 is 23.5. The van der Waals surface area contributed by atoms with Crippen LogP contribution in [0.5, 0.6) is 0 Å². The number of esters is 1. The van der Waals surface area contributed by atoms with Crippen molar-refractivity contribution in [2.45, 2.75) is 108 Å². The van der Waals surface area contributed by atoms with Crippen LogP contribution < -0.4 is 0 Å². The van der Waals surface area contributed by atoms with Crippen molar-refractivity contribution in [1.29, 1.82) is 0 Å². The number of carbonyl (C=O) groups excluding carboxylic acids is 1. The first kappa shape index (κ1) is 30.0. The molecule has 37 heavy (non-hydrogen) atoms. The minimum absolute atomic E-state index is 0.0608. The molecule has 210 valence electrons. The number of methoxy groups -OCH3 is 2. The Morgan fingerprint density at radius 1 is 1.00 bits per heavy atom. The van der Waals surface area contributed by atoms with Crippen LogP contribution in [0.2, 0.25) is 0 Å². The van der Waals surface area contributed by atoms with Crippen LogP contribution >= 0.6 is 0 Å². The second kappa shape index (κ2) is 13.5. The number of rotatable bonds is 4. The van der Waals surface area contributed by atoms with Gasteiger partial charge in [0.25, 0.3) is 0 Å². The van der Waals surface area contributed by atoms with Crippen molar-refractivity contribution in [2.24, 2.45) is 17.8 Å². The van der Waals surface area contributed by atoms with Crippen LogP contribution in [0.4, 0.5) is 0 Å². The van der Waals surface area contributed by atoms with Gasteiger partial charge in [-0.15, -0.1) is 0 Å². The zero-order chi connectivity index (χ0) is 27.2. The van der Waals surface area contributed by atoms with Gasteiger partial charge in [0.1, 0.15) is 18.1 Å². The van der Waals surface area contributed by atoms with Crippen molar-refractivity contribution in [3.63, 3.8) is 0 Å². The lowest BCUT2D eigenvalue weighted by Gasteiger charge is -2.51. The van der Waals surface area contributed by atoms with Crippen molar-refractivity contribution in [1.82, 2.24) is 0 Å². The van der Waals surface area contributed by atoms with Gasteiger partial charge in [0, 0.05) is 20.1 Å². The molecule has 1 aromatic carbocycles. The van der Waals surface area contributed by atoms with E-state index < -0.39 is 48.2 Å². The first-order valence-electron chi connectivity index (χ1n) is 13.7. The number of ether oxygens (including phenoxy) is 4. The van der Waals surface area contributed by atoms with E-state index in [4.69, 9.17) is 18.9 Å². The van der Waals surface area contributed by atoms with Crippen LogP contribution in [-0.4, -0.2) is 71.8 Å². The van der Waals surface area contributed by atoms with Gasteiger partial charge < -0.3 is 34.3 Å². The summed E-state index contributed by atoms with van der Waals surface area (Å²) in [7, 11) is 3.01. The quantitative estimate of drug-likeness (QED) is 0.512. The predicted octanol–water partition coefficient (Wildman–Crippen LogP) is 3.76. The van der Waals surface area contributed by atoms with Crippen LogP contribution in [0.25, 0.3) is 0 Å². The summed E-state index contributed by atoms with van der Waals surface area (Å²) in [6, 6.07) is 9.53. The van der Waals surface area contributed by atoms with E-state index in [1.54, 1.807) is 14.0 Å². The summed E-state index contributed by atoms with van der Waals surface area (Å²) in [5, 5.41) is 33.9. The van der Waals surface area contributed by atoms with Crippen molar-refractivity contribution >= 4 is 5.97 Å². The van der Waals surface area contributed by atoms with Crippen molar-refractivity contribution in [3.05, 3.63) is 35.9 Å². The second-order valence-corrected chi connectivity index (χ2v) is 10.8. The number of fused-ring (bicyclic) bond motifs is 2. The number of benzene rings is 1. The predicted molar refractivity (Wildman–Crippen MR) is 139 cm³/mol. The number of carbonyl (C=O) groups is 1. The third kappa shape index (κ3) is 6.72. The van der Waals surface area contributed by atoms with Crippen molar-refractivity contribution < 1.29 is 39.1 Å². The van der Waals surface area contributed by atoms with Gasteiger partial charge in [-0.05, 0) is 50.5 Å². The van der Waals surface area contributed by atoms with E-state index in [2.05, 4.69) is 0 Å². The molecule has 2 fully saturated rings. The lowest BCUT2D eigenvalue weighted by Crippen LogP contribution is -2.67. The van der Waals surface area contributed by atoms with Crippen molar-refractivity contribution in [2.75, 3.05) is 14.2 Å². The molecule has 0 aromatic heterocycles. The molecule has 2 aliphatic rings. The third-order valence-electron chi connectivity index (χ3n) is 8.52. The Kier molecular flexibility index (Phi) is 10.9. The average Bonchev–Trinajstić information content (AvgIpc) is 2.90. The maximum atomic E-state index is 13.5. The minimum atomic E-state index is -2.08. The van der Waals surface area contributed by atoms with E-state index in [0.29, 0.717) is 32.1 Å². The monoisotopic (exact) mass is 522 g/mol. The van der Waals surface area contributed by atoms with Crippen LogP contribution in [-0.2, 0) is 23.7 Å². The number of hydrogen-bond acceptors (Lipinski definition) is 8. The lowest BCUT2D eigenvalue weighted by molar-refractivity contribution is -0.363. The average molecular weight is 523 g/mol. The first-order chi connectivity index (χ1) is 17.7. The highest BCUT2D eigenvalue weighted by Crippen LogP contribution is 2.43. The summed E-state index contributed by atoms with van der Waals surface area (Å²) in [5.41, 5.74) is 0.866. The Balaban J connectivity index is 1.98. The Morgan fingerprint density at radius 3 is 2.30 bits per heavy atom. The summed E-state index contributed by atoms with van der Waals surface area (Å²) >= 11 is 0. The molecule has 0 saturated carbocycles. The molecule has 0 unspecified atom stereocenters. The molecule has 2 heterocycles.